The number of aryl methyl sites for hydroxylation is 1. The lowest BCUT2D eigenvalue weighted by Crippen LogP contribution is -2.15. The number of rotatable bonds is 7. The van der Waals surface area contributed by atoms with Crippen molar-refractivity contribution < 1.29 is 9.63 Å². The standard InChI is InChI=1S/C13H18N2O2S2/c1-9(16)10(2)18-7-4-6-12-14-13(15-17-12)11-5-3-8-19-11/h3,5,8-10,16H,4,6-7H2,1-2H3. The van der Waals surface area contributed by atoms with Gasteiger partial charge in [-0.15, -0.1) is 11.3 Å². The van der Waals surface area contributed by atoms with E-state index in [0.29, 0.717) is 11.7 Å². The number of thioether (sulfide) groups is 1. The van der Waals surface area contributed by atoms with Crippen LogP contribution in [0.4, 0.5) is 0 Å². The second-order valence-corrected chi connectivity index (χ2v) is 6.84. The van der Waals surface area contributed by atoms with E-state index in [0.717, 1.165) is 23.5 Å². The van der Waals surface area contributed by atoms with Crippen LogP contribution in [0.5, 0.6) is 0 Å². The van der Waals surface area contributed by atoms with E-state index in [1.807, 2.05) is 31.4 Å². The maximum atomic E-state index is 9.39. The van der Waals surface area contributed by atoms with Crippen LogP contribution in [0.2, 0.25) is 0 Å². The molecule has 0 fully saturated rings. The Labute approximate surface area is 121 Å². The van der Waals surface area contributed by atoms with Crippen molar-refractivity contribution in [2.24, 2.45) is 0 Å². The van der Waals surface area contributed by atoms with Crippen LogP contribution in [0.1, 0.15) is 26.2 Å². The molecule has 2 aromatic heterocycles. The Balaban J connectivity index is 1.75. The number of aromatic nitrogens is 2. The highest BCUT2D eigenvalue weighted by Crippen LogP contribution is 2.22. The smallest absolute Gasteiger partial charge is 0.227 e. The van der Waals surface area contributed by atoms with Gasteiger partial charge in [-0.1, -0.05) is 18.1 Å². The topological polar surface area (TPSA) is 59.2 Å². The molecule has 2 aromatic rings. The molecule has 0 amide bonds. The first-order chi connectivity index (χ1) is 9.16. The van der Waals surface area contributed by atoms with Crippen LogP contribution in [-0.4, -0.2) is 32.4 Å². The normalized spacial score (nSPS) is 14.5. The van der Waals surface area contributed by atoms with Crippen LogP contribution in [-0.2, 0) is 6.42 Å². The highest BCUT2D eigenvalue weighted by Gasteiger charge is 2.11. The summed E-state index contributed by atoms with van der Waals surface area (Å²) >= 11 is 3.38. The number of aliphatic hydroxyl groups excluding tert-OH is 1. The van der Waals surface area contributed by atoms with Crippen molar-refractivity contribution in [1.82, 2.24) is 10.1 Å². The Morgan fingerprint density at radius 2 is 2.32 bits per heavy atom. The number of hydrogen-bond acceptors (Lipinski definition) is 6. The first-order valence-electron chi connectivity index (χ1n) is 6.33. The third-order valence-electron chi connectivity index (χ3n) is 2.80. The molecule has 2 unspecified atom stereocenters. The third kappa shape index (κ3) is 4.33. The lowest BCUT2D eigenvalue weighted by Gasteiger charge is -2.13. The Morgan fingerprint density at radius 3 is 3.00 bits per heavy atom. The van der Waals surface area contributed by atoms with Crippen molar-refractivity contribution in [2.45, 2.75) is 38.0 Å². The molecule has 2 heterocycles. The zero-order chi connectivity index (χ0) is 13.7. The van der Waals surface area contributed by atoms with Crippen molar-refractivity contribution in [3.63, 3.8) is 0 Å². The van der Waals surface area contributed by atoms with Crippen molar-refractivity contribution >= 4 is 23.1 Å². The molecule has 0 aliphatic carbocycles. The van der Waals surface area contributed by atoms with Crippen molar-refractivity contribution in [3.8, 4) is 10.7 Å². The fourth-order valence-corrected chi connectivity index (χ4v) is 3.10. The Bertz CT molecular complexity index is 483. The molecule has 2 rings (SSSR count). The summed E-state index contributed by atoms with van der Waals surface area (Å²) in [6, 6.07) is 3.96. The fourth-order valence-electron chi connectivity index (χ4n) is 1.49. The lowest BCUT2D eigenvalue weighted by atomic mass is 10.3. The van der Waals surface area contributed by atoms with Gasteiger partial charge in [0.2, 0.25) is 11.7 Å². The SMILES string of the molecule is CC(O)C(C)SCCCc1nc(-c2cccs2)no1. The van der Waals surface area contributed by atoms with Crippen molar-refractivity contribution in [1.29, 1.82) is 0 Å². The highest BCUT2D eigenvalue weighted by atomic mass is 32.2. The molecule has 19 heavy (non-hydrogen) atoms. The van der Waals surface area contributed by atoms with Crippen LogP contribution < -0.4 is 0 Å². The van der Waals surface area contributed by atoms with Gasteiger partial charge < -0.3 is 9.63 Å². The first-order valence-corrected chi connectivity index (χ1v) is 8.26. The molecular weight excluding hydrogens is 280 g/mol. The van der Waals surface area contributed by atoms with E-state index in [1.165, 1.54) is 0 Å². The predicted octanol–water partition coefficient (Wildman–Crippen LogP) is 3.23. The van der Waals surface area contributed by atoms with Gasteiger partial charge in [0.15, 0.2) is 0 Å². The molecule has 0 radical (unpaired) electrons. The minimum Gasteiger partial charge on any atom is -0.392 e. The van der Waals surface area contributed by atoms with Gasteiger partial charge >= 0.3 is 0 Å². The number of aliphatic hydroxyl groups is 1. The second kappa shape index (κ2) is 7.07. The van der Waals surface area contributed by atoms with Gasteiger partial charge in [-0.25, -0.2) is 0 Å². The van der Waals surface area contributed by atoms with E-state index >= 15 is 0 Å². The van der Waals surface area contributed by atoms with E-state index in [9.17, 15) is 5.11 Å². The summed E-state index contributed by atoms with van der Waals surface area (Å²) in [7, 11) is 0. The van der Waals surface area contributed by atoms with Crippen molar-refractivity contribution in [2.75, 3.05) is 5.75 Å². The molecule has 0 spiro atoms. The minimum atomic E-state index is -0.265. The highest BCUT2D eigenvalue weighted by molar-refractivity contribution is 7.99. The van der Waals surface area contributed by atoms with Gasteiger partial charge in [-0.2, -0.15) is 16.7 Å². The monoisotopic (exact) mass is 298 g/mol. The van der Waals surface area contributed by atoms with Gasteiger partial charge in [0.05, 0.1) is 11.0 Å². The Morgan fingerprint density at radius 1 is 1.47 bits per heavy atom. The molecule has 1 N–H and O–H groups in total. The van der Waals surface area contributed by atoms with Crippen LogP contribution in [0.3, 0.4) is 0 Å². The van der Waals surface area contributed by atoms with E-state index in [2.05, 4.69) is 10.1 Å². The first kappa shape index (κ1) is 14.6. The molecule has 0 aliphatic rings. The van der Waals surface area contributed by atoms with Crippen molar-refractivity contribution in [3.05, 3.63) is 23.4 Å². The average Bonchev–Trinajstić information content (AvgIpc) is 3.04. The molecule has 0 saturated heterocycles. The van der Waals surface area contributed by atoms with Gasteiger partial charge in [0, 0.05) is 11.7 Å². The predicted molar refractivity (Wildman–Crippen MR) is 79.5 cm³/mol. The maximum absolute atomic E-state index is 9.39. The number of thiophene rings is 1. The molecular formula is C13H18N2O2S2. The van der Waals surface area contributed by atoms with Gasteiger partial charge in [0.1, 0.15) is 0 Å². The van der Waals surface area contributed by atoms with Gasteiger partial charge in [0.25, 0.3) is 0 Å². The van der Waals surface area contributed by atoms with E-state index in [4.69, 9.17) is 4.52 Å². The van der Waals surface area contributed by atoms with Gasteiger partial charge in [-0.05, 0) is 30.5 Å². The van der Waals surface area contributed by atoms with Crippen LogP contribution in [0, 0.1) is 0 Å². The molecule has 4 nitrogen and oxygen atoms in total. The fraction of sp³-hybridized carbons (Fsp3) is 0.538. The quantitative estimate of drug-likeness (QED) is 0.795. The minimum absolute atomic E-state index is 0.265. The molecule has 2 atom stereocenters. The second-order valence-electron chi connectivity index (χ2n) is 4.41. The summed E-state index contributed by atoms with van der Waals surface area (Å²) in [5, 5.41) is 15.6. The lowest BCUT2D eigenvalue weighted by molar-refractivity contribution is 0.196. The average molecular weight is 298 g/mol. The largest absolute Gasteiger partial charge is 0.392 e. The molecule has 104 valence electrons. The molecule has 0 aliphatic heterocycles. The van der Waals surface area contributed by atoms with E-state index in [-0.39, 0.29) is 11.4 Å². The van der Waals surface area contributed by atoms with Crippen LogP contribution >= 0.6 is 23.1 Å². The molecule has 0 aromatic carbocycles. The molecule has 6 heteroatoms. The van der Waals surface area contributed by atoms with E-state index in [1.54, 1.807) is 23.1 Å². The molecule has 0 bridgehead atoms. The summed E-state index contributed by atoms with van der Waals surface area (Å²) < 4.78 is 5.23. The number of nitrogens with zero attached hydrogens (tertiary/aromatic N) is 2. The van der Waals surface area contributed by atoms with E-state index < -0.39 is 0 Å². The maximum Gasteiger partial charge on any atom is 0.227 e. The zero-order valence-corrected chi connectivity index (χ0v) is 12.7. The van der Waals surface area contributed by atoms with Crippen LogP contribution in [0.25, 0.3) is 10.7 Å². The number of hydrogen-bond donors (Lipinski definition) is 1. The summed E-state index contributed by atoms with van der Waals surface area (Å²) in [5.74, 6) is 2.35. The zero-order valence-electron chi connectivity index (χ0n) is 11.1. The summed E-state index contributed by atoms with van der Waals surface area (Å²) in [6.45, 7) is 3.86. The Hall–Kier alpha value is -0.850. The Kier molecular flexibility index (Phi) is 5.42. The summed E-state index contributed by atoms with van der Waals surface area (Å²) in [6.07, 6.45) is 1.50. The van der Waals surface area contributed by atoms with Gasteiger partial charge in [-0.3, -0.25) is 0 Å². The van der Waals surface area contributed by atoms with Crippen LogP contribution in [0.15, 0.2) is 22.0 Å². The molecule has 0 saturated carbocycles. The summed E-state index contributed by atoms with van der Waals surface area (Å²) in [5.41, 5.74) is 0. The third-order valence-corrected chi connectivity index (χ3v) is 5.11. The summed E-state index contributed by atoms with van der Waals surface area (Å²) in [4.78, 5) is 5.41.